The van der Waals surface area contributed by atoms with Gasteiger partial charge in [-0.05, 0) is 17.7 Å². The maximum absolute atomic E-state index is 13.9. The maximum Gasteiger partial charge on any atom is 0.342 e. The number of hydrogen-bond donors (Lipinski definition) is 1. The maximum atomic E-state index is 13.9. The van der Waals surface area contributed by atoms with Crippen LogP contribution in [0.5, 0.6) is 0 Å². The number of anilines is 1. The lowest BCUT2D eigenvalue weighted by Crippen LogP contribution is -2.24. The number of carbonyl (C=O) groups is 2. The Hall–Kier alpha value is -2.73. The number of hydrogen-bond acceptors (Lipinski definition) is 4. The predicted molar refractivity (Wildman–Crippen MR) is 82.6 cm³/mol. The van der Waals surface area contributed by atoms with Gasteiger partial charge in [0.1, 0.15) is 11.4 Å². The molecule has 0 fully saturated rings. The van der Waals surface area contributed by atoms with Crippen molar-refractivity contribution in [3.63, 3.8) is 0 Å². The molecule has 0 aliphatic carbocycles. The summed E-state index contributed by atoms with van der Waals surface area (Å²) >= 11 is 0. The topological polar surface area (TPSA) is 64.6 Å². The monoisotopic (exact) mass is 317 g/mol. The second kappa shape index (κ2) is 7.51. The van der Waals surface area contributed by atoms with E-state index < -0.39 is 23.8 Å². The van der Waals surface area contributed by atoms with E-state index in [0.29, 0.717) is 5.56 Å². The molecule has 0 saturated heterocycles. The highest BCUT2D eigenvalue weighted by molar-refractivity contribution is 6.02. The number of methoxy groups -OCH3 is 2. The number of carbonyl (C=O) groups excluding carboxylic acids is 2. The second-order valence-electron chi connectivity index (χ2n) is 4.67. The lowest BCUT2D eigenvalue weighted by molar-refractivity contribution is -0.126. The number of rotatable bonds is 5. The zero-order valence-corrected chi connectivity index (χ0v) is 12.7. The number of esters is 1. The van der Waals surface area contributed by atoms with E-state index >= 15 is 0 Å². The van der Waals surface area contributed by atoms with Crippen molar-refractivity contribution in [3.8, 4) is 0 Å². The smallest absolute Gasteiger partial charge is 0.342 e. The van der Waals surface area contributed by atoms with Crippen molar-refractivity contribution in [1.29, 1.82) is 0 Å². The van der Waals surface area contributed by atoms with E-state index in [-0.39, 0.29) is 11.3 Å². The first-order chi connectivity index (χ1) is 11.1. The van der Waals surface area contributed by atoms with Crippen LogP contribution in [-0.4, -0.2) is 26.1 Å². The van der Waals surface area contributed by atoms with Crippen molar-refractivity contribution < 1.29 is 23.5 Å². The lowest BCUT2D eigenvalue weighted by atomic mass is 10.1. The summed E-state index contributed by atoms with van der Waals surface area (Å²) in [4.78, 5) is 24.1. The standard InChI is InChI=1S/C17H16FNO4/c1-22-15(11-7-4-3-5-8-11)16(20)19-13-10-6-9-12(18)14(13)17(21)23-2/h3-10,15H,1-2H3,(H,19,20)/t15-/m1/s1. The fourth-order valence-electron chi connectivity index (χ4n) is 2.16. The second-order valence-corrected chi connectivity index (χ2v) is 4.67. The molecule has 2 aromatic carbocycles. The van der Waals surface area contributed by atoms with Crippen molar-refractivity contribution in [2.75, 3.05) is 19.5 Å². The van der Waals surface area contributed by atoms with E-state index in [9.17, 15) is 14.0 Å². The van der Waals surface area contributed by atoms with Gasteiger partial charge >= 0.3 is 5.97 Å². The molecule has 0 heterocycles. The van der Waals surface area contributed by atoms with Crippen molar-refractivity contribution in [3.05, 3.63) is 65.5 Å². The molecule has 0 aromatic heterocycles. The average Bonchev–Trinajstić information content (AvgIpc) is 2.56. The summed E-state index contributed by atoms with van der Waals surface area (Å²) in [6, 6.07) is 12.8. The molecule has 23 heavy (non-hydrogen) atoms. The summed E-state index contributed by atoms with van der Waals surface area (Å²) in [5.41, 5.74) is 0.342. The van der Waals surface area contributed by atoms with Crippen molar-refractivity contribution in [2.45, 2.75) is 6.10 Å². The van der Waals surface area contributed by atoms with Gasteiger partial charge in [0, 0.05) is 7.11 Å². The molecular weight excluding hydrogens is 301 g/mol. The Bertz CT molecular complexity index is 703. The Labute approximate surface area is 133 Å². The molecule has 0 bridgehead atoms. The van der Waals surface area contributed by atoms with Crippen LogP contribution in [0.3, 0.4) is 0 Å². The number of halogens is 1. The van der Waals surface area contributed by atoms with Gasteiger partial charge in [0.2, 0.25) is 0 Å². The minimum atomic E-state index is -0.884. The van der Waals surface area contributed by atoms with Crippen LogP contribution in [0.15, 0.2) is 48.5 Å². The first kappa shape index (κ1) is 16.6. The van der Waals surface area contributed by atoms with Crippen LogP contribution < -0.4 is 5.32 Å². The molecule has 2 aromatic rings. The van der Waals surface area contributed by atoms with Gasteiger partial charge < -0.3 is 14.8 Å². The first-order valence-electron chi connectivity index (χ1n) is 6.84. The van der Waals surface area contributed by atoms with E-state index in [1.54, 1.807) is 24.3 Å². The van der Waals surface area contributed by atoms with E-state index in [0.717, 1.165) is 13.2 Å². The Morgan fingerprint density at radius 3 is 2.35 bits per heavy atom. The molecule has 0 saturated carbocycles. The number of benzene rings is 2. The van der Waals surface area contributed by atoms with E-state index in [1.165, 1.54) is 19.2 Å². The van der Waals surface area contributed by atoms with Crippen LogP contribution >= 0.6 is 0 Å². The Kier molecular flexibility index (Phi) is 5.43. The molecule has 6 heteroatoms. The molecule has 0 unspecified atom stereocenters. The normalized spacial score (nSPS) is 11.6. The van der Waals surface area contributed by atoms with Gasteiger partial charge in [0.05, 0.1) is 12.8 Å². The van der Waals surface area contributed by atoms with Crippen LogP contribution in [0.2, 0.25) is 0 Å². The molecule has 1 amide bonds. The van der Waals surface area contributed by atoms with Gasteiger partial charge in [-0.3, -0.25) is 4.79 Å². The molecule has 0 aliphatic heterocycles. The molecule has 0 spiro atoms. The minimum Gasteiger partial charge on any atom is -0.465 e. The molecule has 1 N–H and O–H groups in total. The molecular formula is C17H16FNO4. The molecule has 2 rings (SSSR count). The Morgan fingerprint density at radius 2 is 1.74 bits per heavy atom. The zero-order valence-electron chi connectivity index (χ0n) is 12.7. The molecule has 0 radical (unpaired) electrons. The van der Waals surface area contributed by atoms with Crippen LogP contribution in [0, 0.1) is 5.82 Å². The number of amides is 1. The van der Waals surface area contributed by atoms with Gasteiger partial charge in [-0.25, -0.2) is 9.18 Å². The fraction of sp³-hybridized carbons (Fsp3) is 0.176. The summed E-state index contributed by atoms with van der Waals surface area (Å²) in [5.74, 6) is -2.16. The van der Waals surface area contributed by atoms with Crippen LogP contribution in [0.25, 0.3) is 0 Å². The van der Waals surface area contributed by atoms with Crippen LogP contribution in [0.1, 0.15) is 22.0 Å². The van der Waals surface area contributed by atoms with Crippen molar-refractivity contribution >= 4 is 17.6 Å². The van der Waals surface area contributed by atoms with Crippen LogP contribution in [0.4, 0.5) is 10.1 Å². The van der Waals surface area contributed by atoms with E-state index in [1.807, 2.05) is 6.07 Å². The fourth-order valence-corrected chi connectivity index (χ4v) is 2.16. The number of nitrogens with one attached hydrogen (secondary N) is 1. The summed E-state index contributed by atoms with van der Waals surface area (Å²) in [6.07, 6.45) is -0.884. The summed E-state index contributed by atoms with van der Waals surface area (Å²) in [7, 11) is 2.53. The van der Waals surface area contributed by atoms with Gasteiger partial charge in [-0.1, -0.05) is 36.4 Å². The third-order valence-corrected chi connectivity index (χ3v) is 3.24. The third-order valence-electron chi connectivity index (χ3n) is 3.24. The number of ether oxygens (including phenoxy) is 2. The van der Waals surface area contributed by atoms with Crippen molar-refractivity contribution in [1.82, 2.24) is 0 Å². The third kappa shape index (κ3) is 3.73. The quantitative estimate of drug-likeness (QED) is 0.861. The first-order valence-corrected chi connectivity index (χ1v) is 6.84. The minimum absolute atomic E-state index is 0.0276. The Balaban J connectivity index is 2.30. The average molecular weight is 317 g/mol. The van der Waals surface area contributed by atoms with Crippen molar-refractivity contribution in [2.24, 2.45) is 0 Å². The zero-order chi connectivity index (χ0) is 16.8. The lowest BCUT2D eigenvalue weighted by Gasteiger charge is -2.17. The van der Waals surface area contributed by atoms with Crippen LogP contribution in [-0.2, 0) is 14.3 Å². The highest BCUT2D eigenvalue weighted by atomic mass is 19.1. The van der Waals surface area contributed by atoms with E-state index in [4.69, 9.17) is 4.74 Å². The highest BCUT2D eigenvalue weighted by Crippen LogP contribution is 2.23. The van der Waals surface area contributed by atoms with E-state index in [2.05, 4.69) is 10.1 Å². The van der Waals surface area contributed by atoms with Gasteiger partial charge in [-0.2, -0.15) is 0 Å². The summed E-state index contributed by atoms with van der Waals surface area (Å²) < 4.78 is 23.6. The molecule has 120 valence electrons. The SMILES string of the molecule is COC(=O)c1c(F)cccc1NC(=O)[C@H](OC)c1ccccc1. The molecule has 0 aliphatic rings. The van der Waals surface area contributed by atoms with Gasteiger partial charge in [0.25, 0.3) is 5.91 Å². The highest BCUT2D eigenvalue weighted by Gasteiger charge is 2.24. The summed E-state index contributed by atoms with van der Waals surface area (Å²) in [5, 5.41) is 2.51. The van der Waals surface area contributed by atoms with Gasteiger partial charge in [-0.15, -0.1) is 0 Å². The predicted octanol–water partition coefficient (Wildman–Crippen LogP) is 2.94. The Morgan fingerprint density at radius 1 is 1.04 bits per heavy atom. The summed E-state index contributed by atoms with van der Waals surface area (Å²) in [6.45, 7) is 0. The van der Waals surface area contributed by atoms with Gasteiger partial charge in [0.15, 0.2) is 6.10 Å². The largest absolute Gasteiger partial charge is 0.465 e. The molecule has 1 atom stereocenters. The molecule has 5 nitrogen and oxygen atoms in total.